The number of nitrogens with zero attached hydrogens (tertiary/aromatic N) is 1. The molecule has 0 saturated carbocycles. The van der Waals surface area contributed by atoms with E-state index in [4.69, 9.17) is 0 Å². The van der Waals surface area contributed by atoms with Gasteiger partial charge in [-0.3, -0.25) is 4.90 Å². The number of anilines is 1. The average molecular weight is 323 g/mol. The van der Waals surface area contributed by atoms with E-state index < -0.39 is 0 Å². The third kappa shape index (κ3) is 3.29. The molecule has 1 unspecified atom stereocenters. The summed E-state index contributed by atoms with van der Waals surface area (Å²) >= 11 is 0. The molecule has 1 aromatic heterocycles. The van der Waals surface area contributed by atoms with Crippen LogP contribution in [-0.4, -0.2) is 29.0 Å². The van der Waals surface area contributed by atoms with Crippen LogP contribution in [0.4, 0.5) is 10.1 Å². The number of fused-ring (bicyclic) bond motifs is 1. The van der Waals surface area contributed by atoms with Gasteiger partial charge in [0.15, 0.2) is 0 Å². The Kier molecular flexibility index (Phi) is 4.22. The van der Waals surface area contributed by atoms with Crippen LogP contribution in [0.2, 0.25) is 0 Å². The van der Waals surface area contributed by atoms with Crippen LogP contribution in [-0.2, 0) is 6.54 Å². The summed E-state index contributed by atoms with van der Waals surface area (Å²) in [6.45, 7) is 3.10. The van der Waals surface area contributed by atoms with Crippen molar-refractivity contribution in [2.45, 2.75) is 25.4 Å². The van der Waals surface area contributed by atoms with E-state index in [1.54, 1.807) is 0 Å². The highest BCUT2D eigenvalue weighted by atomic mass is 19.1. The zero-order valence-electron chi connectivity index (χ0n) is 13.6. The second-order valence-electron chi connectivity index (χ2n) is 6.58. The molecule has 124 valence electrons. The number of benzene rings is 2. The summed E-state index contributed by atoms with van der Waals surface area (Å²) < 4.78 is 13.0. The van der Waals surface area contributed by atoms with Gasteiger partial charge in [-0.2, -0.15) is 0 Å². The Morgan fingerprint density at radius 2 is 1.96 bits per heavy atom. The molecule has 1 aliphatic heterocycles. The highest BCUT2D eigenvalue weighted by Gasteiger charge is 2.20. The first-order chi connectivity index (χ1) is 11.8. The predicted octanol–water partition coefficient (Wildman–Crippen LogP) is 4.38. The zero-order chi connectivity index (χ0) is 16.4. The summed E-state index contributed by atoms with van der Waals surface area (Å²) in [5.41, 5.74) is 3.55. The largest absolute Gasteiger partial charge is 0.381 e. The summed E-state index contributed by atoms with van der Waals surface area (Å²) in [6, 6.07) is 15.5. The summed E-state index contributed by atoms with van der Waals surface area (Å²) in [5, 5.41) is 4.85. The van der Waals surface area contributed by atoms with Gasteiger partial charge in [0.05, 0.1) is 0 Å². The number of hydrogen-bond acceptors (Lipinski definition) is 2. The van der Waals surface area contributed by atoms with E-state index in [1.807, 2.05) is 12.1 Å². The fraction of sp³-hybridized carbons (Fsp3) is 0.300. The normalized spacial score (nSPS) is 18.8. The van der Waals surface area contributed by atoms with E-state index in [0.717, 1.165) is 31.7 Å². The van der Waals surface area contributed by atoms with Gasteiger partial charge in [-0.05, 0) is 55.3 Å². The van der Waals surface area contributed by atoms with Crippen LogP contribution in [0.15, 0.2) is 54.7 Å². The fourth-order valence-corrected chi connectivity index (χ4v) is 3.60. The van der Waals surface area contributed by atoms with Gasteiger partial charge in [0.2, 0.25) is 0 Å². The molecule has 1 saturated heterocycles. The van der Waals surface area contributed by atoms with Crippen molar-refractivity contribution in [1.29, 1.82) is 0 Å². The molecule has 0 spiro atoms. The highest BCUT2D eigenvalue weighted by Crippen LogP contribution is 2.22. The Morgan fingerprint density at radius 3 is 2.83 bits per heavy atom. The zero-order valence-corrected chi connectivity index (χ0v) is 13.6. The molecule has 2 heterocycles. The van der Waals surface area contributed by atoms with Crippen LogP contribution < -0.4 is 5.32 Å². The lowest BCUT2D eigenvalue weighted by atomic mass is 10.0. The van der Waals surface area contributed by atoms with Crippen LogP contribution in [0.3, 0.4) is 0 Å². The van der Waals surface area contributed by atoms with Crippen molar-refractivity contribution in [3.63, 3.8) is 0 Å². The Morgan fingerprint density at radius 1 is 1.12 bits per heavy atom. The molecule has 4 rings (SSSR count). The minimum Gasteiger partial charge on any atom is -0.381 e. The van der Waals surface area contributed by atoms with Gasteiger partial charge in [-0.1, -0.05) is 18.2 Å². The maximum Gasteiger partial charge on any atom is 0.123 e. The van der Waals surface area contributed by atoms with Gasteiger partial charge < -0.3 is 10.3 Å². The number of likely N-dealkylation sites (tertiary alicyclic amines) is 1. The molecule has 1 aliphatic rings. The van der Waals surface area contributed by atoms with Crippen LogP contribution >= 0.6 is 0 Å². The first-order valence-corrected chi connectivity index (χ1v) is 8.57. The Bertz CT molecular complexity index is 809. The summed E-state index contributed by atoms with van der Waals surface area (Å²) in [4.78, 5) is 5.86. The summed E-state index contributed by atoms with van der Waals surface area (Å²) in [6.07, 6.45) is 4.46. The summed E-state index contributed by atoms with van der Waals surface area (Å²) in [7, 11) is 0. The van der Waals surface area contributed by atoms with E-state index >= 15 is 0 Å². The van der Waals surface area contributed by atoms with E-state index in [1.165, 1.54) is 35.0 Å². The van der Waals surface area contributed by atoms with E-state index in [9.17, 15) is 4.39 Å². The molecular weight excluding hydrogens is 301 g/mol. The lowest BCUT2D eigenvalue weighted by molar-refractivity contribution is 0.209. The monoisotopic (exact) mass is 323 g/mol. The SMILES string of the molecule is Fc1ccc(NC2CCCN(Cc3c[nH]c4ccccc34)C2)cc1. The number of halogens is 1. The van der Waals surface area contributed by atoms with Crippen molar-refractivity contribution in [1.82, 2.24) is 9.88 Å². The van der Waals surface area contributed by atoms with E-state index in [2.05, 4.69) is 45.7 Å². The molecule has 2 aromatic carbocycles. The van der Waals surface area contributed by atoms with Gasteiger partial charge in [0.25, 0.3) is 0 Å². The molecule has 4 heteroatoms. The Hall–Kier alpha value is -2.33. The number of H-pyrrole nitrogens is 1. The van der Waals surface area contributed by atoms with Gasteiger partial charge in [0.1, 0.15) is 5.82 Å². The maximum absolute atomic E-state index is 13.0. The first kappa shape index (κ1) is 15.2. The van der Waals surface area contributed by atoms with Crippen LogP contribution in [0.25, 0.3) is 10.9 Å². The van der Waals surface area contributed by atoms with Gasteiger partial charge in [-0.15, -0.1) is 0 Å². The fourth-order valence-electron chi connectivity index (χ4n) is 3.60. The number of nitrogens with one attached hydrogen (secondary N) is 2. The second-order valence-corrected chi connectivity index (χ2v) is 6.58. The molecule has 1 fully saturated rings. The molecule has 0 bridgehead atoms. The molecule has 0 radical (unpaired) electrons. The van der Waals surface area contributed by atoms with Crippen molar-refractivity contribution in [2.24, 2.45) is 0 Å². The molecular formula is C20H22FN3. The Balaban J connectivity index is 1.42. The number of aromatic nitrogens is 1. The summed E-state index contributed by atoms with van der Waals surface area (Å²) in [5.74, 6) is -0.190. The van der Waals surface area contributed by atoms with Crippen molar-refractivity contribution < 1.29 is 4.39 Å². The standard InChI is InChI=1S/C20H22FN3/c21-16-7-9-17(10-8-16)23-18-4-3-11-24(14-18)13-15-12-22-20-6-2-1-5-19(15)20/h1-2,5-10,12,18,22-23H,3-4,11,13-14H2. The molecule has 3 aromatic rings. The topological polar surface area (TPSA) is 31.1 Å². The number of rotatable bonds is 4. The molecule has 1 atom stereocenters. The van der Waals surface area contributed by atoms with Crippen molar-refractivity contribution >= 4 is 16.6 Å². The highest BCUT2D eigenvalue weighted by molar-refractivity contribution is 5.82. The predicted molar refractivity (Wildman–Crippen MR) is 96.6 cm³/mol. The molecule has 0 amide bonds. The smallest absolute Gasteiger partial charge is 0.123 e. The number of para-hydroxylation sites is 1. The Labute approximate surface area is 141 Å². The first-order valence-electron chi connectivity index (χ1n) is 8.57. The molecule has 3 nitrogen and oxygen atoms in total. The van der Waals surface area contributed by atoms with Crippen molar-refractivity contribution in [3.05, 3.63) is 66.1 Å². The lowest BCUT2D eigenvalue weighted by Crippen LogP contribution is -2.41. The van der Waals surface area contributed by atoms with Crippen LogP contribution in [0.5, 0.6) is 0 Å². The van der Waals surface area contributed by atoms with Crippen molar-refractivity contribution in [2.75, 3.05) is 18.4 Å². The number of hydrogen-bond donors (Lipinski definition) is 2. The third-order valence-electron chi connectivity index (χ3n) is 4.79. The van der Waals surface area contributed by atoms with E-state index in [-0.39, 0.29) is 5.82 Å². The molecule has 2 N–H and O–H groups in total. The molecule has 0 aliphatic carbocycles. The maximum atomic E-state index is 13.0. The van der Waals surface area contributed by atoms with E-state index in [0.29, 0.717) is 6.04 Å². The minimum atomic E-state index is -0.190. The van der Waals surface area contributed by atoms with Gasteiger partial charge in [-0.25, -0.2) is 4.39 Å². The van der Waals surface area contributed by atoms with Crippen molar-refractivity contribution in [3.8, 4) is 0 Å². The van der Waals surface area contributed by atoms with Crippen LogP contribution in [0.1, 0.15) is 18.4 Å². The quantitative estimate of drug-likeness (QED) is 0.746. The number of piperidine rings is 1. The van der Waals surface area contributed by atoms with Crippen LogP contribution in [0, 0.1) is 5.82 Å². The third-order valence-corrected chi connectivity index (χ3v) is 4.79. The van der Waals surface area contributed by atoms with Gasteiger partial charge >= 0.3 is 0 Å². The number of aromatic amines is 1. The molecule has 24 heavy (non-hydrogen) atoms. The minimum absolute atomic E-state index is 0.190. The van der Waals surface area contributed by atoms with Gasteiger partial charge in [0, 0.05) is 41.9 Å². The second kappa shape index (κ2) is 6.65. The average Bonchev–Trinajstić information content (AvgIpc) is 3.01. The lowest BCUT2D eigenvalue weighted by Gasteiger charge is -2.33.